The van der Waals surface area contributed by atoms with E-state index in [9.17, 15) is 4.39 Å². The number of para-hydroxylation sites is 2. The predicted octanol–water partition coefficient (Wildman–Crippen LogP) is 3.79. The molecule has 0 bridgehead atoms. The number of hydrogen-bond donors (Lipinski definition) is 2. The number of benzene rings is 2. The van der Waals surface area contributed by atoms with Gasteiger partial charge in [-0.3, -0.25) is 10.9 Å². The lowest BCUT2D eigenvalue weighted by Crippen LogP contribution is -2.31. The molecule has 1 aromatic heterocycles. The number of nitrogens with zero attached hydrogens (tertiary/aromatic N) is 2. The van der Waals surface area contributed by atoms with Gasteiger partial charge < -0.3 is 9.32 Å². The van der Waals surface area contributed by atoms with Crippen LogP contribution in [0, 0.1) is 5.82 Å². The van der Waals surface area contributed by atoms with Gasteiger partial charge in [0.25, 0.3) is 6.01 Å². The average molecular weight is 354 g/mol. The Morgan fingerprint density at radius 3 is 2.92 bits per heavy atom. The SMILES string of the molecule is CN(CCCC1CC(c2cccc(F)c2)NN1)c1nc2ccccc2o1. The van der Waals surface area contributed by atoms with E-state index in [1.807, 2.05) is 42.3 Å². The van der Waals surface area contributed by atoms with Gasteiger partial charge in [0.2, 0.25) is 0 Å². The Hall–Kier alpha value is -2.44. The highest BCUT2D eigenvalue weighted by atomic mass is 19.1. The van der Waals surface area contributed by atoms with Gasteiger partial charge in [0.15, 0.2) is 5.58 Å². The zero-order chi connectivity index (χ0) is 17.9. The van der Waals surface area contributed by atoms with Crippen molar-refractivity contribution < 1.29 is 8.81 Å². The summed E-state index contributed by atoms with van der Waals surface area (Å²) in [6.45, 7) is 0.871. The van der Waals surface area contributed by atoms with Crippen LogP contribution in [-0.4, -0.2) is 24.6 Å². The van der Waals surface area contributed by atoms with Crippen molar-refractivity contribution in [1.82, 2.24) is 15.8 Å². The molecule has 1 aliphatic rings. The van der Waals surface area contributed by atoms with Gasteiger partial charge in [0.1, 0.15) is 11.3 Å². The van der Waals surface area contributed by atoms with Gasteiger partial charge in [-0.2, -0.15) is 4.98 Å². The number of anilines is 1. The van der Waals surface area contributed by atoms with E-state index in [1.54, 1.807) is 12.1 Å². The van der Waals surface area contributed by atoms with Gasteiger partial charge in [0.05, 0.1) is 0 Å². The van der Waals surface area contributed by atoms with Crippen LogP contribution < -0.4 is 15.8 Å². The molecule has 136 valence electrons. The van der Waals surface area contributed by atoms with Crippen molar-refractivity contribution in [2.75, 3.05) is 18.5 Å². The number of halogens is 1. The first-order valence-corrected chi connectivity index (χ1v) is 9.02. The van der Waals surface area contributed by atoms with Crippen LogP contribution in [-0.2, 0) is 0 Å². The average Bonchev–Trinajstić information content (AvgIpc) is 3.28. The largest absolute Gasteiger partial charge is 0.423 e. The molecule has 0 saturated carbocycles. The second-order valence-electron chi connectivity index (χ2n) is 6.86. The predicted molar refractivity (Wildman–Crippen MR) is 100 cm³/mol. The van der Waals surface area contributed by atoms with E-state index in [4.69, 9.17) is 4.42 Å². The van der Waals surface area contributed by atoms with E-state index in [1.165, 1.54) is 6.07 Å². The highest BCUT2D eigenvalue weighted by molar-refractivity contribution is 5.74. The summed E-state index contributed by atoms with van der Waals surface area (Å²) >= 11 is 0. The van der Waals surface area contributed by atoms with Gasteiger partial charge >= 0.3 is 0 Å². The highest BCUT2D eigenvalue weighted by Gasteiger charge is 2.25. The molecule has 5 nitrogen and oxygen atoms in total. The first kappa shape index (κ1) is 17.0. The zero-order valence-corrected chi connectivity index (χ0v) is 14.8. The van der Waals surface area contributed by atoms with Crippen molar-refractivity contribution in [2.24, 2.45) is 0 Å². The Labute approximate surface area is 152 Å². The number of fused-ring (bicyclic) bond motifs is 1. The fraction of sp³-hybridized carbons (Fsp3) is 0.350. The molecule has 2 unspecified atom stereocenters. The van der Waals surface area contributed by atoms with Crippen LogP contribution in [0.25, 0.3) is 11.1 Å². The first-order valence-electron chi connectivity index (χ1n) is 9.02. The summed E-state index contributed by atoms with van der Waals surface area (Å²) in [4.78, 5) is 6.57. The lowest BCUT2D eigenvalue weighted by Gasteiger charge is -2.15. The van der Waals surface area contributed by atoms with Gasteiger partial charge in [-0.05, 0) is 49.1 Å². The Morgan fingerprint density at radius 1 is 1.19 bits per heavy atom. The molecule has 26 heavy (non-hydrogen) atoms. The Balaban J connectivity index is 1.27. The third-order valence-electron chi connectivity index (χ3n) is 4.89. The number of rotatable bonds is 6. The smallest absolute Gasteiger partial charge is 0.298 e. The molecule has 6 heteroatoms. The van der Waals surface area contributed by atoms with Crippen molar-refractivity contribution in [2.45, 2.75) is 31.3 Å². The Kier molecular flexibility index (Phi) is 4.86. The fourth-order valence-electron chi connectivity index (χ4n) is 3.45. The third-order valence-corrected chi connectivity index (χ3v) is 4.89. The normalized spacial score (nSPS) is 19.9. The summed E-state index contributed by atoms with van der Waals surface area (Å²) in [7, 11) is 2.00. The lowest BCUT2D eigenvalue weighted by atomic mass is 9.99. The van der Waals surface area contributed by atoms with Gasteiger partial charge in [-0.25, -0.2) is 4.39 Å². The molecule has 0 radical (unpaired) electrons. The van der Waals surface area contributed by atoms with Crippen molar-refractivity contribution in [3.63, 3.8) is 0 Å². The van der Waals surface area contributed by atoms with E-state index < -0.39 is 0 Å². The van der Waals surface area contributed by atoms with Gasteiger partial charge in [-0.15, -0.1) is 0 Å². The van der Waals surface area contributed by atoms with Gasteiger partial charge in [0, 0.05) is 25.7 Å². The first-order chi connectivity index (χ1) is 12.7. The van der Waals surface area contributed by atoms with Crippen LogP contribution in [0.2, 0.25) is 0 Å². The monoisotopic (exact) mass is 354 g/mol. The molecule has 2 heterocycles. The molecule has 2 aromatic carbocycles. The minimum atomic E-state index is -0.187. The van der Waals surface area contributed by atoms with Crippen molar-refractivity contribution in [3.8, 4) is 0 Å². The molecule has 4 rings (SSSR count). The lowest BCUT2D eigenvalue weighted by molar-refractivity contribution is 0.496. The number of nitrogens with one attached hydrogen (secondary N) is 2. The summed E-state index contributed by atoms with van der Waals surface area (Å²) < 4.78 is 19.2. The number of hydrogen-bond acceptors (Lipinski definition) is 5. The quantitative estimate of drug-likeness (QED) is 0.705. The molecule has 0 spiro atoms. The highest BCUT2D eigenvalue weighted by Crippen LogP contribution is 2.25. The van der Waals surface area contributed by atoms with E-state index in [2.05, 4.69) is 15.8 Å². The summed E-state index contributed by atoms with van der Waals surface area (Å²) in [5.74, 6) is -0.187. The molecular weight excluding hydrogens is 331 g/mol. The van der Waals surface area contributed by atoms with Crippen molar-refractivity contribution in [3.05, 3.63) is 59.9 Å². The molecule has 1 aliphatic heterocycles. The van der Waals surface area contributed by atoms with Crippen LogP contribution >= 0.6 is 0 Å². The fourth-order valence-corrected chi connectivity index (χ4v) is 3.45. The summed E-state index contributed by atoms with van der Waals surface area (Å²) in [6.07, 6.45) is 3.00. The summed E-state index contributed by atoms with van der Waals surface area (Å²) in [6, 6.07) is 15.8. The van der Waals surface area contributed by atoms with Crippen LogP contribution in [0.15, 0.2) is 52.9 Å². The molecule has 2 N–H and O–H groups in total. The second-order valence-corrected chi connectivity index (χ2v) is 6.86. The zero-order valence-electron chi connectivity index (χ0n) is 14.8. The topological polar surface area (TPSA) is 53.3 Å². The standard InChI is InChI=1S/C20H23FN4O/c1-25(20-22-17-9-2-3-10-19(17)26-20)11-5-8-16-13-18(24-23-16)14-6-4-7-15(21)12-14/h2-4,6-7,9-10,12,16,18,23-24H,5,8,11,13H2,1H3. The molecule has 0 aliphatic carbocycles. The number of oxazole rings is 1. The van der Waals surface area contributed by atoms with E-state index in [0.29, 0.717) is 12.1 Å². The minimum absolute atomic E-state index is 0.158. The maximum atomic E-state index is 13.4. The minimum Gasteiger partial charge on any atom is -0.423 e. The second kappa shape index (κ2) is 7.43. The van der Waals surface area contributed by atoms with Gasteiger partial charge in [-0.1, -0.05) is 24.3 Å². The van der Waals surface area contributed by atoms with Crippen LogP contribution in [0.3, 0.4) is 0 Å². The molecule has 2 atom stereocenters. The van der Waals surface area contributed by atoms with Crippen molar-refractivity contribution >= 4 is 17.1 Å². The van der Waals surface area contributed by atoms with Crippen LogP contribution in [0.5, 0.6) is 0 Å². The third kappa shape index (κ3) is 3.71. The van der Waals surface area contributed by atoms with Crippen LogP contribution in [0.1, 0.15) is 30.9 Å². The molecule has 3 aromatic rings. The Bertz CT molecular complexity index is 848. The summed E-state index contributed by atoms with van der Waals surface area (Å²) in [5, 5.41) is 0. The van der Waals surface area contributed by atoms with Crippen molar-refractivity contribution in [1.29, 1.82) is 0 Å². The van der Waals surface area contributed by atoms with E-state index in [-0.39, 0.29) is 11.9 Å². The molecule has 1 saturated heterocycles. The van der Waals surface area contributed by atoms with Crippen LogP contribution in [0.4, 0.5) is 10.4 Å². The van der Waals surface area contributed by atoms with E-state index in [0.717, 1.165) is 42.5 Å². The van der Waals surface area contributed by atoms with E-state index >= 15 is 0 Å². The Morgan fingerprint density at radius 2 is 2.08 bits per heavy atom. The molecular formula is C20H23FN4O. The number of hydrazine groups is 1. The molecule has 0 amide bonds. The maximum Gasteiger partial charge on any atom is 0.298 e. The summed E-state index contributed by atoms with van der Waals surface area (Å²) in [5.41, 5.74) is 9.29. The molecule has 1 fully saturated rings. The maximum absolute atomic E-state index is 13.4. The number of aromatic nitrogens is 1.